The van der Waals surface area contributed by atoms with E-state index >= 15 is 0 Å². The van der Waals surface area contributed by atoms with Crippen molar-refractivity contribution in [1.82, 2.24) is 24.4 Å². The average Bonchev–Trinajstić information content (AvgIpc) is 2.97. The van der Waals surface area contributed by atoms with E-state index in [1.165, 1.54) is 4.31 Å². The smallest absolute Gasteiger partial charge is 0.247 e. The second-order valence-electron chi connectivity index (χ2n) is 9.57. The Bertz CT molecular complexity index is 1610. The fraction of sp³-hybridized carbons (Fsp3) is 0.321. The number of ether oxygens (including phenoxy) is 2. The van der Waals surface area contributed by atoms with Gasteiger partial charge in [0.05, 0.1) is 30.7 Å². The number of nitrogens with zero attached hydrogens (tertiary/aromatic N) is 5. The molecule has 1 aliphatic rings. The molecular weight excluding hydrogens is 552 g/mol. The first-order valence-electron chi connectivity index (χ1n) is 12.9. The van der Waals surface area contributed by atoms with E-state index in [-0.39, 0.29) is 4.90 Å². The summed E-state index contributed by atoms with van der Waals surface area (Å²) in [4.78, 5) is 7.07. The second-order valence-corrected chi connectivity index (χ2v) is 12.0. The lowest BCUT2D eigenvalue weighted by molar-refractivity contribution is 0.0368. The van der Waals surface area contributed by atoms with Crippen LogP contribution in [-0.4, -0.2) is 86.4 Å². The van der Waals surface area contributed by atoms with Crippen LogP contribution in [0.5, 0.6) is 5.75 Å². The first-order valence-corrected chi connectivity index (χ1v) is 14.7. The van der Waals surface area contributed by atoms with Gasteiger partial charge in [0.2, 0.25) is 16.0 Å². The maximum absolute atomic E-state index is 13.1. The number of halogens is 1. The summed E-state index contributed by atoms with van der Waals surface area (Å²) in [6.45, 7) is 6.02. The summed E-state index contributed by atoms with van der Waals surface area (Å²) >= 11 is 6.45. The van der Waals surface area contributed by atoms with Gasteiger partial charge in [-0.15, -0.1) is 10.2 Å². The minimum absolute atomic E-state index is 0.222. The molecule has 4 aromatic rings. The molecule has 5 rings (SSSR count). The molecule has 1 aromatic heterocycles. The second kappa shape index (κ2) is 12.0. The van der Waals surface area contributed by atoms with E-state index in [2.05, 4.69) is 25.4 Å². The summed E-state index contributed by atoms with van der Waals surface area (Å²) in [5.41, 5.74) is 4.59. The van der Waals surface area contributed by atoms with Gasteiger partial charge in [0.25, 0.3) is 0 Å². The third kappa shape index (κ3) is 6.18. The van der Waals surface area contributed by atoms with E-state index < -0.39 is 10.0 Å². The monoisotopic (exact) mass is 582 g/mol. The maximum Gasteiger partial charge on any atom is 0.247 e. The number of methoxy groups -OCH3 is 1. The van der Waals surface area contributed by atoms with Crippen LogP contribution in [0.3, 0.4) is 0 Å². The van der Waals surface area contributed by atoms with E-state index in [0.29, 0.717) is 59.7 Å². The number of sulfonamides is 1. The molecule has 0 aliphatic carbocycles. The van der Waals surface area contributed by atoms with Crippen molar-refractivity contribution in [3.8, 4) is 16.9 Å². The number of hydrogen-bond acceptors (Lipinski definition) is 9. The SMILES string of the molecule is COc1ccc(Cl)c(-c2cc(C)c3nc(Nc4ccc(S(=O)(=O)N(C)CCN5CCOCC5)cc4)nnc3c2)c1. The fourth-order valence-corrected chi connectivity index (χ4v) is 5.91. The highest BCUT2D eigenvalue weighted by molar-refractivity contribution is 7.89. The van der Waals surface area contributed by atoms with Crippen LogP contribution in [0.2, 0.25) is 5.02 Å². The lowest BCUT2D eigenvalue weighted by atomic mass is 10.0. The van der Waals surface area contributed by atoms with Crippen LogP contribution in [0.1, 0.15) is 5.56 Å². The van der Waals surface area contributed by atoms with Crippen molar-refractivity contribution in [2.24, 2.45) is 0 Å². The van der Waals surface area contributed by atoms with Crippen molar-refractivity contribution in [1.29, 1.82) is 0 Å². The summed E-state index contributed by atoms with van der Waals surface area (Å²) in [6, 6.07) is 15.9. The maximum atomic E-state index is 13.1. The summed E-state index contributed by atoms with van der Waals surface area (Å²) < 4.78 is 38.2. The van der Waals surface area contributed by atoms with E-state index in [9.17, 15) is 8.42 Å². The molecule has 0 spiro atoms. The number of nitrogens with one attached hydrogen (secondary N) is 1. The Morgan fingerprint density at radius 1 is 1.07 bits per heavy atom. The van der Waals surface area contributed by atoms with E-state index in [0.717, 1.165) is 29.8 Å². The van der Waals surface area contributed by atoms with Crippen LogP contribution < -0.4 is 10.1 Å². The lowest BCUT2D eigenvalue weighted by Crippen LogP contribution is -2.41. The number of likely N-dealkylation sites (N-methyl/N-ethyl adjacent to an activating group) is 1. The first-order chi connectivity index (χ1) is 19.2. The van der Waals surface area contributed by atoms with Crippen molar-refractivity contribution in [2.45, 2.75) is 11.8 Å². The summed E-state index contributed by atoms with van der Waals surface area (Å²) in [5, 5.41) is 12.3. The molecule has 0 radical (unpaired) electrons. The third-order valence-electron chi connectivity index (χ3n) is 6.89. The normalized spacial score (nSPS) is 14.5. The quantitative estimate of drug-likeness (QED) is 0.308. The molecule has 0 atom stereocenters. The van der Waals surface area contributed by atoms with E-state index in [1.54, 1.807) is 44.5 Å². The molecule has 0 saturated carbocycles. The van der Waals surface area contributed by atoms with Crippen LogP contribution in [0.15, 0.2) is 59.5 Å². The molecule has 210 valence electrons. The Kier molecular flexibility index (Phi) is 8.48. The first kappa shape index (κ1) is 28.2. The highest BCUT2D eigenvalue weighted by Gasteiger charge is 2.22. The number of morpholine rings is 1. The number of rotatable bonds is 9. The van der Waals surface area contributed by atoms with Crippen LogP contribution in [-0.2, 0) is 14.8 Å². The van der Waals surface area contributed by atoms with Crippen LogP contribution in [0, 0.1) is 6.92 Å². The largest absolute Gasteiger partial charge is 0.497 e. The van der Waals surface area contributed by atoms with Gasteiger partial charge in [-0.3, -0.25) is 4.90 Å². The molecule has 12 heteroatoms. The third-order valence-corrected chi connectivity index (χ3v) is 9.09. The van der Waals surface area contributed by atoms with Crippen LogP contribution in [0.25, 0.3) is 22.2 Å². The van der Waals surface area contributed by atoms with Gasteiger partial charge in [-0.1, -0.05) is 11.6 Å². The molecular formula is C28H31ClN6O4S. The Morgan fingerprint density at radius 2 is 1.82 bits per heavy atom. The van der Waals surface area contributed by atoms with Gasteiger partial charge in [0.15, 0.2) is 0 Å². The number of fused-ring (bicyclic) bond motifs is 1. The predicted molar refractivity (Wildman–Crippen MR) is 156 cm³/mol. The van der Waals surface area contributed by atoms with Gasteiger partial charge in [0, 0.05) is 49.5 Å². The van der Waals surface area contributed by atoms with Gasteiger partial charge in [0.1, 0.15) is 11.3 Å². The van der Waals surface area contributed by atoms with Crippen molar-refractivity contribution < 1.29 is 17.9 Å². The average molecular weight is 583 g/mol. The zero-order valence-corrected chi connectivity index (χ0v) is 24.2. The van der Waals surface area contributed by atoms with Gasteiger partial charge in [-0.25, -0.2) is 13.4 Å². The van der Waals surface area contributed by atoms with Crippen molar-refractivity contribution in [3.63, 3.8) is 0 Å². The molecule has 3 aromatic carbocycles. The number of aromatic nitrogens is 3. The topological polar surface area (TPSA) is 110 Å². The molecule has 1 saturated heterocycles. The molecule has 0 amide bonds. The van der Waals surface area contributed by atoms with E-state index in [4.69, 9.17) is 21.1 Å². The minimum Gasteiger partial charge on any atom is -0.497 e. The molecule has 1 N–H and O–H groups in total. The Hall–Kier alpha value is -3.35. The van der Waals surface area contributed by atoms with E-state index in [1.807, 2.05) is 31.2 Å². The van der Waals surface area contributed by atoms with Crippen LogP contribution in [0.4, 0.5) is 11.6 Å². The molecule has 0 unspecified atom stereocenters. The Balaban J connectivity index is 1.30. The van der Waals surface area contributed by atoms with Gasteiger partial charge >= 0.3 is 0 Å². The lowest BCUT2D eigenvalue weighted by Gasteiger charge is -2.28. The zero-order chi connectivity index (χ0) is 28.3. The summed E-state index contributed by atoms with van der Waals surface area (Å²) in [5.74, 6) is 1.01. The number of anilines is 2. The molecule has 0 bridgehead atoms. The Labute approximate surface area is 238 Å². The van der Waals surface area contributed by atoms with Crippen molar-refractivity contribution in [3.05, 3.63) is 65.2 Å². The number of aryl methyl sites for hydroxylation is 1. The van der Waals surface area contributed by atoms with Crippen LogP contribution >= 0.6 is 11.6 Å². The molecule has 1 fully saturated rings. The molecule has 10 nitrogen and oxygen atoms in total. The molecule has 2 heterocycles. The summed E-state index contributed by atoms with van der Waals surface area (Å²) in [6.07, 6.45) is 0. The predicted octanol–water partition coefficient (Wildman–Crippen LogP) is 4.36. The zero-order valence-electron chi connectivity index (χ0n) is 22.6. The van der Waals surface area contributed by atoms with Gasteiger partial charge in [-0.2, -0.15) is 4.31 Å². The highest BCUT2D eigenvalue weighted by atomic mass is 35.5. The van der Waals surface area contributed by atoms with Gasteiger partial charge < -0.3 is 14.8 Å². The Morgan fingerprint density at radius 3 is 2.55 bits per heavy atom. The fourth-order valence-electron chi connectivity index (χ4n) is 4.52. The minimum atomic E-state index is -3.61. The standard InChI is InChI=1S/C28H31ClN6O4S/c1-19-16-20(24-18-22(38-3)6-9-25(24)29)17-26-27(19)31-28(33-32-26)30-21-4-7-23(8-5-21)40(36,37)34(2)10-11-35-12-14-39-15-13-35/h4-9,16-18H,10-15H2,1-3H3,(H,30,31,33). The van der Waals surface area contributed by atoms with Crippen molar-refractivity contribution >= 4 is 44.3 Å². The molecule has 40 heavy (non-hydrogen) atoms. The molecule has 1 aliphatic heterocycles. The number of benzene rings is 3. The summed E-state index contributed by atoms with van der Waals surface area (Å²) in [7, 11) is -0.396. The highest BCUT2D eigenvalue weighted by Crippen LogP contribution is 2.34. The van der Waals surface area contributed by atoms with Gasteiger partial charge in [-0.05, 0) is 72.6 Å². The number of hydrogen-bond donors (Lipinski definition) is 1. The van der Waals surface area contributed by atoms with Crippen molar-refractivity contribution in [2.75, 3.05) is 58.9 Å².